The molecule has 0 unspecified atom stereocenters. The van der Waals surface area contributed by atoms with Crippen LogP contribution in [0.3, 0.4) is 0 Å². The number of esters is 1. The SMILES string of the molecule is COC(=O)[C@H](C[C@@H]1CCNC1=O)NC(=O)[C@H](CC1CCCCC1)SNC(=O)O[C@H](c1cccc(F)c1)C(C)(C)c1cccc(Cl)c1. The molecule has 9 nitrogen and oxygen atoms in total. The molecule has 4 atom stereocenters. The molecule has 0 spiro atoms. The minimum absolute atomic E-state index is 0.119. The summed E-state index contributed by atoms with van der Waals surface area (Å²) in [6.07, 6.45) is 4.65. The number of halogens is 2. The molecular weight excluding hydrogens is 633 g/mol. The maximum atomic E-state index is 14.3. The highest BCUT2D eigenvalue weighted by Gasteiger charge is 2.38. The number of nitrogens with one attached hydrogen (secondary N) is 3. The number of rotatable bonds is 13. The van der Waals surface area contributed by atoms with Crippen molar-refractivity contribution in [2.24, 2.45) is 11.8 Å². The lowest BCUT2D eigenvalue weighted by atomic mass is 9.76. The van der Waals surface area contributed by atoms with Gasteiger partial charge >= 0.3 is 12.1 Å². The first-order valence-corrected chi connectivity index (χ1v) is 17.0. The highest BCUT2D eigenvalue weighted by molar-refractivity contribution is 7.99. The Morgan fingerprint density at radius 2 is 1.80 bits per heavy atom. The smallest absolute Gasteiger partial charge is 0.417 e. The molecule has 3 N–H and O–H groups in total. The van der Waals surface area contributed by atoms with Crippen LogP contribution in [0.2, 0.25) is 5.02 Å². The molecule has 0 aromatic heterocycles. The minimum atomic E-state index is -1.01. The highest BCUT2D eigenvalue weighted by Crippen LogP contribution is 2.41. The molecule has 2 aliphatic rings. The predicted molar refractivity (Wildman–Crippen MR) is 175 cm³/mol. The van der Waals surface area contributed by atoms with Crippen LogP contribution in [-0.4, -0.2) is 48.8 Å². The number of benzene rings is 2. The topological polar surface area (TPSA) is 123 Å². The first kappa shape index (κ1) is 35.5. The first-order chi connectivity index (χ1) is 22.0. The number of hydrogen-bond acceptors (Lipinski definition) is 7. The van der Waals surface area contributed by atoms with Crippen LogP contribution in [0.1, 0.15) is 82.4 Å². The van der Waals surface area contributed by atoms with E-state index in [-0.39, 0.29) is 18.2 Å². The van der Waals surface area contributed by atoms with E-state index in [4.69, 9.17) is 21.1 Å². The summed E-state index contributed by atoms with van der Waals surface area (Å²) < 4.78 is 28.0. The van der Waals surface area contributed by atoms with Gasteiger partial charge in [-0.05, 0) is 72.5 Å². The summed E-state index contributed by atoms with van der Waals surface area (Å²) in [5.41, 5.74) is 0.424. The second-order valence-electron chi connectivity index (χ2n) is 12.6. The Hall–Kier alpha value is -3.31. The molecule has 1 saturated heterocycles. The Morgan fingerprint density at radius 3 is 2.46 bits per heavy atom. The van der Waals surface area contributed by atoms with E-state index in [0.717, 1.165) is 49.6 Å². The molecule has 46 heavy (non-hydrogen) atoms. The highest BCUT2D eigenvalue weighted by atomic mass is 35.5. The van der Waals surface area contributed by atoms with Crippen LogP contribution in [0, 0.1) is 17.7 Å². The summed E-state index contributed by atoms with van der Waals surface area (Å²) in [6.45, 7) is 4.28. The van der Waals surface area contributed by atoms with E-state index in [1.807, 2.05) is 19.9 Å². The fourth-order valence-electron chi connectivity index (χ4n) is 6.30. The summed E-state index contributed by atoms with van der Waals surface area (Å²) >= 11 is 7.20. The first-order valence-electron chi connectivity index (χ1n) is 15.8. The monoisotopic (exact) mass is 675 g/mol. The standard InChI is InChI=1S/C34H43ClFN3O6S/c1-34(2,24-12-8-13-25(35)20-24)29(22-11-7-14-26(36)18-22)45-33(43)39-46-28(17-21-9-5-4-6-10-21)31(41)38-27(32(42)44-3)19-23-15-16-37-30(23)40/h7-8,11-14,18,20-21,23,27-29H,4-6,9-10,15-17,19H2,1-3H3,(H,37,40)(H,38,41)(H,39,43)/t23-,27-,28-,29+/m0/s1. The van der Waals surface area contributed by atoms with E-state index in [1.165, 1.54) is 19.2 Å². The minimum Gasteiger partial charge on any atom is -0.467 e. The van der Waals surface area contributed by atoms with Gasteiger partial charge in [0.15, 0.2) is 0 Å². The van der Waals surface area contributed by atoms with Crippen molar-refractivity contribution in [3.63, 3.8) is 0 Å². The summed E-state index contributed by atoms with van der Waals surface area (Å²) in [7, 11) is 1.24. The van der Waals surface area contributed by atoms with Crippen molar-refractivity contribution in [3.05, 3.63) is 70.5 Å². The maximum Gasteiger partial charge on any atom is 0.417 e. The number of carbonyl (C=O) groups excluding carboxylic acids is 4. The zero-order valence-corrected chi connectivity index (χ0v) is 28.1. The van der Waals surface area contributed by atoms with Gasteiger partial charge in [0, 0.05) is 22.9 Å². The van der Waals surface area contributed by atoms with Gasteiger partial charge in [0.1, 0.15) is 23.2 Å². The normalized spacial score (nSPS) is 19.0. The van der Waals surface area contributed by atoms with Crippen molar-refractivity contribution in [1.29, 1.82) is 0 Å². The molecule has 2 aromatic rings. The average Bonchev–Trinajstić information content (AvgIpc) is 3.45. The van der Waals surface area contributed by atoms with Crippen molar-refractivity contribution in [2.75, 3.05) is 13.7 Å². The molecule has 1 aliphatic carbocycles. The third-order valence-electron chi connectivity index (χ3n) is 8.93. The quantitative estimate of drug-likeness (QED) is 0.166. The Labute approximate surface area is 279 Å². The number of ether oxygens (including phenoxy) is 2. The van der Waals surface area contributed by atoms with Gasteiger partial charge in [-0.15, -0.1) is 0 Å². The molecule has 0 bridgehead atoms. The molecule has 0 radical (unpaired) electrons. The zero-order chi connectivity index (χ0) is 33.3. The van der Waals surface area contributed by atoms with Gasteiger partial charge in [-0.3, -0.25) is 14.3 Å². The molecule has 250 valence electrons. The van der Waals surface area contributed by atoms with E-state index in [2.05, 4.69) is 15.4 Å². The summed E-state index contributed by atoms with van der Waals surface area (Å²) in [4.78, 5) is 51.9. The van der Waals surface area contributed by atoms with Crippen molar-refractivity contribution >= 4 is 47.4 Å². The predicted octanol–water partition coefficient (Wildman–Crippen LogP) is 6.40. The van der Waals surface area contributed by atoms with Gasteiger partial charge in [0.05, 0.1) is 7.11 Å². The van der Waals surface area contributed by atoms with Gasteiger partial charge in [-0.25, -0.2) is 14.0 Å². The Morgan fingerprint density at radius 1 is 1.07 bits per heavy atom. The van der Waals surface area contributed by atoms with E-state index in [9.17, 15) is 23.6 Å². The maximum absolute atomic E-state index is 14.3. The zero-order valence-electron chi connectivity index (χ0n) is 26.5. The van der Waals surface area contributed by atoms with Crippen LogP contribution < -0.4 is 15.4 Å². The van der Waals surface area contributed by atoms with Crippen molar-refractivity contribution in [2.45, 2.75) is 88.0 Å². The van der Waals surface area contributed by atoms with Crippen LogP contribution in [0.25, 0.3) is 0 Å². The van der Waals surface area contributed by atoms with Gasteiger partial charge in [0.25, 0.3) is 0 Å². The third kappa shape index (κ3) is 9.61. The number of amides is 3. The van der Waals surface area contributed by atoms with E-state index in [0.29, 0.717) is 30.0 Å². The summed E-state index contributed by atoms with van der Waals surface area (Å²) in [6, 6.07) is 12.1. The van der Waals surface area contributed by atoms with E-state index in [1.54, 1.807) is 30.3 Å². The molecular formula is C34H43ClFN3O6S. The van der Waals surface area contributed by atoms with E-state index < -0.39 is 52.5 Å². The Bertz CT molecular complexity index is 1390. The fourth-order valence-corrected chi connectivity index (χ4v) is 7.32. The van der Waals surface area contributed by atoms with Crippen LogP contribution in [0.15, 0.2) is 48.5 Å². The largest absolute Gasteiger partial charge is 0.467 e. The molecule has 1 aliphatic heterocycles. The number of methoxy groups -OCH3 is 1. The summed E-state index contributed by atoms with van der Waals surface area (Å²) in [5.74, 6) is -1.84. The lowest BCUT2D eigenvalue weighted by Gasteiger charge is -2.35. The van der Waals surface area contributed by atoms with Crippen LogP contribution in [0.4, 0.5) is 9.18 Å². The molecule has 4 rings (SSSR count). The van der Waals surface area contributed by atoms with Gasteiger partial charge < -0.3 is 20.1 Å². The van der Waals surface area contributed by atoms with Crippen LogP contribution >= 0.6 is 23.5 Å². The molecule has 2 fully saturated rings. The summed E-state index contributed by atoms with van der Waals surface area (Å²) in [5, 5.41) is 5.32. The van der Waals surface area contributed by atoms with Gasteiger partial charge in [-0.1, -0.05) is 81.8 Å². The third-order valence-corrected chi connectivity index (χ3v) is 10.1. The molecule has 2 aromatic carbocycles. The van der Waals surface area contributed by atoms with Crippen LogP contribution in [-0.2, 0) is 29.3 Å². The van der Waals surface area contributed by atoms with Crippen molar-refractivity contribution in [3.8, 4) is 0 Å². The van der Waals surface area contributed by atoms with E-state index >= 15 is 0 Å². The lowest BCUT2D eigenvalue weighted by Crippen LogP contribution is -2.47. The van der Waals surface area contributed by atoms with Gasteiger partial charge in [-0.2, -0.15) is 0 Å². The molecule has 1 saturated carbocycles. The molecule has 1 heterocycles. The van der Waals surface area contributed by atoms with Crippen molar-refractivity contribution in [1.82, 2.24) is 15.4 Å². The number of carbonyl (C=O) groups is 4. The lowest BCUT2D eigenvalue weighted by molar-refractivity contribution is -0.145. The second kappa shape index (κ2) is 16.5. The second-order valence-corrected chi connectivity index (χ2v) is 14.1. The Kier molecular flexibility index (Phi) is 12.7. The van der Waals surface area contributed by atoms with Crippen molar-refractivity contribution < 1.29 is 33.0 Å². The Balaban J connectivity index is 1.51. The fraction of sp³-hybridized carbons (Fsp3) is 0.529. The molecule has 3 amide bonds. The average molecular weight is 676 g/mol. The molecule has 12 heteroatoms. The van der Waals surface area contributed by atoms with Gasteiger partial charge in [0.2, 0.25) is 11.8 Å². The number of hydrogen-bond donors (Lipinski definition) is 3. The van der Waals surface area contributed by atoms with Crippen LogP contribution in [0.5, 0.6) is 0 Å².